The fourth-order valence-electron chi connectivity index (χ4n) is 3.97. The summed E-state index contributed by atoms with van der Waals surface area (Å²) in [6.07, 6.45) is 1.98. The molecular weight excluding hydrogens is 428 g/mol. The van der Waals surface area contributed by atoms with Crippen LogP contribution < -0.4 is 20.5 Å². The van der Waals surface area contributed by atoms with Gasteiger partial charge in [0.05, 0.1) is 19.9 Å². The molecule has 3 N–H and O–H groups in total. The van der Waals surface area contributed by atoms with Crippen LogP contribution in [-0.2, 0) is 9.59 Å². The third-order valence-electron chi connectivity index (χ3n) is 5.46. The van der Waals surface area contributed by atoms with Gasteiger partial charge in [0.15, 0.2) is 5.13 Å². The first-order valence-corrected chi connectivity index (χ1v) is 11.5. The van der Waals surface area contributed by atoms with Gasteiger partial charge in [0.25, 0.3) is 0 Å². The number of likely N-dealkylation sites (tertiary alicyclic amines) is 1. The van der Waals surface area contributed by atoms with Gasteiger partial charge >= 0.3 is 0 Å². The molecule has 2 heterocycles. The highest BCUT2D eigenvalue weighted by Crippen LogP contribution is 2.36. The monoisotopic (exact) mass is 460 g/mol. The molecule has 1 fully saturated rings. The quantitative estimate of drug-likeness (QED) is 0.624. The molecule has 0 saturated carbocycles. The predicted octanol–water partition coefficient (Wildman–Crippen LogP) is 3.52. The van der Waals surface area contributed by atoms with Crippen LogP contribution in [-0.4, -0.2) is 54.5 Å². The Hall–Kier alpha value is -2.81. The van der Waals surface area contributed by atoms with E-state index in [0.717, 1.165) is 17.7 Å². The van der Waals surface area contributed by atoms with E-state index < -0.39 is 18.0 Å². The second kappa shape index (κ2) is 9.77. The Morgan fingerprint density at radius 3 is 2.69 bits per heavy atom. The summed E-state index contributed by atoms with van der Waals surface area (Å²) < 4.78 is 10.8. The van der Waals surface area contributed by atoms with Crippen LogP contribution in [0.4, 0.5) is 5.13 Å². The number of amides is 2. The number of anilines is 1. The van der Waals surface area contributed by atoms with E-state index in [0.29, 0.717) is 36.0 Å². The average molecular weight is 461 g/mol. The number of nitrogens with one attached hydrogen (secondary N) is 1. The number of rotatable bonds is 8. The minimum Gasteiger partial charge on any atom is -0.497 e. The summed E-state index contributed by atoms with van der Waals surface area (Å²) in [6.45, 7) is 6.79. The SMILES string of the molecule is COc1ccc(OC)c(-c2csc(N[C@@H](CC(C)(C)C)C(=O)N3CCC[C@H]3C(N)=O)n2)c1. The summed E-state index contributed by atoms with van der Waals surface area (Å²) in [6, 6.07) is 4.49. The van der Waals surface area contributed by atoms with E-state index in [4.69, 9.17) is 20.2 Å². The molecular formula is C23H32N4O4S. The minimum absolute atomic E-state index is 0.106. The molecule has 2 atom stereocenters. The van der Waals surface area contributed by atoms with E-state index >= 15 is 0 Å². The molecule has 1 aromatic heterocycles. The molecule has 9 heteroatoms. The fourth-order valence-corrected chi connectivity index (χ4v) is 4.73. The number of methoxy groups -OCH3 is 2. The first kappa shape index (κ1) is 23.8. The summed E-state index contributed by atoms with van der Waals surface area (Å²) in [7, 11) is 3.22. The Morgan fingerprint density at radius 1 is 1.31 bits per heavy atom. The molecule has 0 unspecified atom stereocenters. The van der Waals surface area contributed by atoms with Crippen molar-refractivity contribution in [1.82, 2.24) is 9.88 Å². The number of hydrogen-bond acceptors (Lipinski definition) is 7. The van der Waals surface area contributed by atoms with Crippen LogP contribution in [0, 0.1) is 5.41 Å². The van der Waals surface area contributed by atoms with Crippen molar-refractivity contribution in [3.63, 3.8) is 0 Å². The van der Waals surface area contributed by atoms with Gasteiger partial charge in [0.2, 0.25) is 11.8 Å². The van der Waals surface area contributed by atoms with Crippen LogP contribution in [0.15, 0.2) is 23.6 Å². The van der Waals surface area contributed by atoms with Crippen molar-refractivity contribution in [1.29, 1.82) is 0 Å². The number of nitrogens with two attached hydrogens (primary N) is 1. The largest absolute Gasteiger partial charge is 0.497 e. The van der Waals surface area contributed by atoms with Crippen LogP contribution in [0.1, 0.15) is 40.0 Å². The van der Waals surface area contributed by atoms with Gasteiger partial charge in [-0.05, 0) is 42.9 Å². The number of thiazole rings is 1. The molecule has 2 aromatic rings. The number of hydrogen-bond donors (Lipinski definition) is 2. The molecule has 2 amide bonds. The van der Waals surface area contributed by atoms with Crippen molar-refractivity contribution in [2.75, 3.05) is 26.1 Å². The number of carbonyl (C=O) groups excluding carboxylic acids is 2. The summed E-state index contributed by atoms with van der Waals surface area (Å²) in [5, 5.41) is 5.86. The summed E-state index contributed by atoms with van der Waals surface area (Å²) in [5.74, 6) is 0.825. The number of primary amides is 1. The molecule has 1 aliphatic rings. The van der Waals surface area contributed by atoms with Crippen LogP contribution in [0.5, 0.6) is 11.5 Å². The van der Waals surface area contributed by atoms with Crippen molar-refractivity contribution in [3.8, 4) is 22.8 Å². The van der Waals surface area contributed by atoms with E-state index in [1.807, 2.05) is 23.6 Å². The van der Waals surface area contributed by atoms with Gasteiger partial charge in [-0.1, -0.05) is 20.8 Å². The van der Waals surface area contributed by atoms with E-state index in [2.05, 4.69) is 26.1 Å². The standard InChI is InChI=1S/C23H32N4O4S/c1-23(2,3)12-16(21(29)27-10-6-7-18(27)20(24)28)25-22-26-17(13-32-22)15-11-14(30-4)8-9-19(15)31-5/h8-9,11,13,16,18H,6-7,10,12H2,1-5H3,(H2,24,28)(H,25,26)/t16-,18-/m0/s1. The Balaban J connectivity index is 1.86. The molecule has 0 bridgehead atoms. The first-order chi connectivity index (χ1) is 15.1. The summed E-state index contributed by atoms with van der Waals surface area (Å²) in [5.41, 5.74) is 6.97. The van der Waals surface area contributed by atoms with Crippen molar-refractivity contribution in [2.24, 2.45) is 11.1 Å². The normalized spacial score (nSPS) is 17.2. The predicted molar refractivity (Wildman–Crippen MR) is 126 cm³/mol. The smallest absolute Gasteiger partial charge is 0.245 e. The Kier molecular flexibility index (Phi) is 7.28. The van der Waals surface area contributed by atoms with Crippen molar-refractivity contribution >= 4 is 28.3 Å². The van der Waals surface area contributed by atoms with E-state index in [1.54, 1.807) is 19.1 Å². The minimum atomic E-state index is -0.542. The molecule has 0 aliphatic carbocycles. The van der Waals surface area contributed by atoms with Crippen LogP contribution >= 0.6 is 11.3 Å². The number of nitrogens with zero attached hydrogens (tertiary/aromatic N) is 2. The van der Waals surface area contributed by atoms with Gasteiger partial charge in [-0.2, -0.15) is 0 Å². The molecule has 174 valence electrons. The molecule has 3 rings (SSSR count). The lowest BCUT2D eigenvalue weighted by Gasteiger charge is -2.31. The number of carbonyl (C=O) groups is 2. The fraction of sp³-hybridized carbons (Fsp3) is 0.522. The van der Waals surface area contributed by atoms with Crippen LogP contribution in [0.25, 0.3) is 11.3 Å². The topological polar surface area (TPSA) is 107 Å². The zero-order valence-electron chi connectivity index (χ0n) is 19.3. The summed E-state index contributed by atoms with van der Waals surface area (Å²) >= 11 is 1.42. The molecule has 0 spiro atoms. The molecule has 0 radical (unpaired) electrons. The molecule has 1 saturated heterocycles. The first-order valence-electron chi connectivity index (χ1n) is 10.7. The van der Waals surface area contributed by atoms with E-state index in [-0.39, 0.29) is 11.3 Å². The van der Waals surface area contributed by atoms with Gasteiger partial charge in [0.1, 0.15) is 23.6 Å². The highest BCUT2D eigenvalue weighted by Gasteiger charge is 2.37. The lowest BCUT2D eigenvalue weighted by atomic mass is 9.87. The van der Waals surface area contributed by atoms with Gasteiger partial charge in [-0.25, -0.2) is 4.98 Å². The number of aromatic nitrogens is 1. The highest BCUT2D eigenvalue weighted by atomic mass is 32.1. The Bertz CT molecular complexity index is 969. The Labute approximate surface area is 193 Å². The lowest BCUT2D eigenvalue weighted by molar-refractivity contribution is -0.138. The van der Waals surface area contributed by atoms with Gasteiger partial charge < -0.3 is 25.4 Å². The average Bonchev–Trinajstić information content (AvgIpc) is 3.41. The maximum atomic E-state index is 13.4. The summed E-state index contributed by atoms with van der Waals surface area (Å²) in [4.78, 5) is 31.6. The van der Waals surface area contributed by atoms with E-state index in [9.17, 15) is 9.59 Å². The second-order valence-corrected chi connectivity index (χ2v) is 10.0. The Morgan fingerprint density at radius 2 is 2.06 bits per heavy atom. The number of benzene rings is 1. The van der Waals surface area contributed by atoms with Crippen LogP contribution in [0.3, 0.4) is 0 Å². The van der Waals surface area contributed by atoms with Crippen LogP contribution in [0.2, 0.25) is 0 Å². The van der Waals surface area contributed by atoms with Gasteiger partial charge in [-0.15, -0.1) is 11.3 Å². The molecule has 32 heavy (non-hydrogen) atoms. The second-order valence-electron chi connectivity index (χ2n) is 9.16. The lowest BCUT2D eigenvalue weighted by Crippen LogP contribution is -2.50. The molecule has 1 aliphatic heterocycles. The van der Waals surface area contributed by atoms with Crippen molar-refractivity contribution in [2.45, 2.75) is 52.1 Å². The van der Waals surface area contributed by atoms with Crippen molar-refractivity contribution in [3.05, 3.63) is 23.6 Å². The van der Waals surface area contributed by atoms with Crippen molar-refractivity contribution < 1.29 is 19.1 Å². The maximum Gasteiger partial charge on any atom is 0.245 e. The van der Waals surface area contributed by atoms with E-state index in [1.165, 1.54) is 11.3 Å². The van der Waals surface area contributed by atoms with Gasteiger partial charge in [-0.3, -0.25) is 9.59 Å². The zero-order valence-corrected chi connectivity index (χ0v) is 20.1. The highest BCUT2D eigenvalue weighted by molar-refractivity contribution is 7.14. The molecule has 8 nitrogen and oxygen atoms in total. The van der Waals surface area contributed by atoms with Gasteiger partial charge in [0, 0.05) is 17.5 Å². The maximum absolute atomic E-state index is 13.4. The molecule has 1 aromatic carbocycles. The zero-order chi connectivity index (χ0) is 23.5. The number of ether oxygens (including phenoxy) is 2. The third kappa shape index (κ3) is 5.51. The third-order valence-corrected chi connectivity index (χ3v) is 6.24.